The van der Waals surface area contributed by atoms with Gasteiger partial charge >= 0.3 is 0 Å². The first-order valence-corrected chi connectivity index (χ1v) is 9.92. The van der Waals surface area contributed by atoms with Gasteiger partial charge < -0.3 is 19.5 Å². The maximum atomic E-state index is 12.6. The van der Waals surface area contributed by atoms with Gasteiger partial charge in [-0.1, -0.05) is 44.2 Å². The minimum absolute atomic E-state index is 0.169. The van der Waals surface area contributed by atoms with Crippen LogP contribution in [0.15, 0.2) is 60.8 Å². The lowest BCUT2D eigenvalue weighted by molar-refractivity contribution is 0.0914. The molecule has 1 amide bonds. The van der Waals surface area contributed by atoms with Crippen LogP contribution in [0.25, 0.3) is 0 Å². The molecule has 0 aliphatic carbocycles. The molecule has 0 spiro atoms. The van der Waals surface area contributed by atoms with Crippen LogP contribution in [-0.4, -0.2) is 35.9 Å². The average Bonchev–Trinajstić information content (AvgIpc) is 3.27. The largest absolute Gasteiger partial charge is 0.489 e. The van der Waals surface area contributed by atoms with Crippen LogP contribution in [0, 0.1) is 0 Å². The van der Waals surface area contributed by atoms with E-state index in [0.29, 0.717) is 36.1 Å². The van der Waals surface area contributed by atoms with E-state index in [2.05, 4.69) is 15.5 Å². The molecule has 0 aliphatic rings. The lowest BCUT2D eigenvalue weighted by atomic mass is 10.1. The molecule has 1 atom stereocenters. The number of carbonyl (C=O) groups excluding carboxylic acids is 1. The van der Waals surface area contributed by atoms with E-state index in [-0.39, 0.29) is 12.0 Å². The number of hydrogen-bond acceptors (Lipinski definition) is 5. The molecule has 3 rings (SSSR count). The van der Waals surface area contributed by atoms with Crippen molar-refractivity contribution in [1.29, 1.82) is 0 Å². The molecular formula is C23H29N3O4. The molecule has 0 unspecified atom stereocenters. The van der Waals surface area contributed by atoms with E-state index in [9.17, 15) is 4.79 Å². The second kappa shape index (κ2) is 12.3. The first-order valence-electron chi connectivity index (χ1n) is 9.92. The van der Waals surface area contributed by atoms with Crippen LogP contribution in [0.5, 0.6) is 11.5 Å². The van der Waals surface area contributed by atoms with Gasteiger partial charge in [-0.05, 0) is 24.6 Å². The zero-order chi connectivity index (χ0) is 21.8. The number of anilines is 1. The molecule has 1 heterocycles. The van der Waals surface area contributed by atoms with E-state index in [4.69, 9.17) is 14.2 Å². The Kier molecular flexibility index (Phi) is 9.40. The van der Waals surface area contributed by atoms with Crippen LogP contribution in [0.4, 0.5) is 5.82 Å². The number of nitrogens with one attached hydrogen (secondary N) is 2. The third-order valence-electron chi connectivity index (χ3n) is 3.88. The molecule has 0 saturated heterocycles. The number of ether oxygens (including phenoxy) is 3. The zero-order valence-electron chi connectivity index (χ0n) is 17.8. The number of amides is 1. The van der Waals surface area contributed by atoms with Crippen LogP contribution in [0.2, 0.25) is 0 Å². The summed E-state index contributed by atoms with van der Waals surface area (Å²) < 4.78 is 16.9. The summed E-state index contributed by atoms with van der Waals surface area (Å²) in [6.07, 6.45) is 1.40. The van der Waals surface area contributed by atoms with Crippen LogP contribution in [0.3, 0.4) is 0 Å². The molecule has 0 fully saturated rings. The van der Waals surface area contributed by atoms with E-state index in [1.54, 1.807) is 37.6 Å². The zero-order valence-corrected chi connectivity index (χ0v) is 17.8. The van der Waals surface area contributed by atoms with Gasteiger partial charge in [-0.2, -0.15) is 5.10 Å². The van der Waals surface area contributed by atoms with Crippen molar-refractivity contribution >= 4 is 11.7 Å². The number of carbonyl (C=O) groups is 1. The van der Waals surface area contributed by atoms with Gasteiger partial charge in [0.1, 0.15) is 30.0 Å². The Balaban J connectivity index is 0.00000155. The van der Waals surface area contributed by atoms with Gasteiger partial charge in [-0.25, -0.2) is 0 Å². The van der Waals surface area contributed by atoms with Crippen molar-refractivity contribution in [3.05, 3.63) is 71.9 Å². The summed E-state index contributed by atoms with van der Waals surface area (Å²) in [6, 6.07) is 16.6. The minimum atomic E-state index is -0.293. The van der Waals surface area contributed by atoms with Gasteiger partial charge in [-0.15, -0.1) is 0 Å². The summed E-state index contributed by atoms with van der Waals surface area (Å²) in [5.41, 5.74) is 1.45. The Morgan fingerprint density at radius 2 is 1.83 bits per heavy atom. The lowest BCUT2D eigenvalue weighted by Gasteiger charge is -2.16. The Labute approximate surface area is 177 Å². The predicted octanol–water partition coefficient (Wildman–Crippen LogP) is 4.68. The molecular weight excluding hydrogens is 382 g/mol. The average molecular weight is 412 g/mol. The van der Waals surface area contributed by atoms with E-state index >= 15 is 0 Å². The Hall–Kier alpha value is -3.32. The van der Waals surface area contributed by atoms with Crippen molar-refractivity contribution in [2.75, 3.05) is 19.0 Å². The van der Waals surface area contributed by atoms with Crippen molar-refractivity contribution in [3.63, 3.8) is 0 Å². The first kappa shape index (κ1) is 23.0. The number of aromatic nitrogens is 2. The van der Waals surface area contributed by atoms with Crippen LogP contribution >= 0.6 is 0 Å². The normalized spacial score (nSPS) is 11.1. The van der Waals surface area contributed by atoms with Gasteiger partial charge in [0.2, 0.25) is 0 Å². The molecule has 7 heteroatoms. The number of aromatic amines is 1. The fourth-order valence-electron chi connectivity index (χ4n) is 2.62. The van der Waals surface area contributed by atoms with Crippen molar-refractivity contribution in [3.8, 4) is 11.5 Å². The van der Waals surface area contributed by atoms with Crippen molar-refractivity contribution in [2.45, 2.75) is 33.5 Å². The molecule has 0 bridgehead atoms. The van der Waals surface area contributed by atoms with Crippen molar-refractivity contribution in [1.82, 2.24) is 10.2 Å². The van der Waals surface area contributed by atoms with Crippen molar-refractivity contribution < 1.29 is 19.0 Å². The summed E-state index contributed by atoms with van der Waals surface area (Å²) in [6.45, 7) is 6.72. The topological polar surface area (TPSA) is 85.5 Å². The Morgan fingerprint density at radius 3 is 2.50 bits per heavy atom. The Morgan fingerprint density at radius 1 is 1.10 bits per heavy atom. The van der Waals surface area contributed by atoms with Gasteiger partial charge in [0, 0.05) is 24.8 Å². The molecule has 30 heavy (non-hydrogen) atoms. The number of hydrogen-bond donors (Lipinski definition) is 2. The van der Waals surface area contributed by atoms with Gasteiger partial charge in [-0.3, -0.25) is 9.89 Å². The summed E-state index contributed by atoms with van der Waals surface area (Å²) in [4.78, 5) is 12.6. The summed E-state index contributed by atoms with van der Waals surface area (Å²) in [5.74, 6) is 1.29. The monoisotopic (exact) mass is 411 g/mol. The third-order valence-corrected chi connectivity index (χ3v) is 3.88. The van der Waals surface area contributed by atoms with Crippen LogP contribution in [-0.2, 0) is 11.3 Å². The molecule has 7 nitrogen and oxygen atoms in total. The standard InChI is InChI=1S/C21H23N3O4.C2H6/c1-15(13-26-2)28-19-11-17(21(25)23-20-8-9-22-24-20)10-18(12-19)27-14-16-6-4-3-5-7-16;1-2/h3-12,15H,13-14H2,1-2H3,(H2,22,23,24,25);1-2H3/t15-;/m0./s1. The van der Waals surface area contributed by atoms with Gasteiger partial charge in [0.25, 0.3) is 5.91 Å². The summed E-state index contributed by atoms with van der Waals surface area (Å²) in [7, 11) is 1.61. The van der Waals surface area contributed by atoms with E-state index in [0.717, 1.165) is 5.56 Å². The quantitative estimate of drug-likeness (QED) is 0.534. The number of rotatable bonds is 9. The van der Waals surface area contributed by atoms with E-state index in [1.807, 2.05) is 51.1 Å². The van der Waals surface area contributed by atoms with Crippen LogP contribution in [0.1, 0.15) is 36.7 Å². The highest BCUT2D eigenvalue weighted by Gasteiger charge is 2.13. The second-order valence-electron chi connectivity index (χ2n) is 6.28. The molecule has 2 aromatic carbocycles. The molecule has 2 N–H and O–H groups in total. The SMILES string of the molecule is CC.COC[C@H](C)Oc1cc(OCc2ccccc2)cc(C(=O)Nc2ccn[nH]2)c1. The Bertz CT molecular complexity index is 883. The van der Waals surface area contributed by atoms with Crippen LogP contribution < -0.4 is 14.8 Å². The maximum absolute atomic E-state index is 12.6. The predicted molar refractivity (Wildman–Crippen MR) is 117 cm³/mol. The second-order valence-corrected chi connectivity index (χ2v) is 6.28. The lowest BCUT2D eigenvalue weighted by Crippen LogP contribution is -2.19. The first-order chi connectivity index (χ1) is 14.6. The molecule has 0 saturated carbocycles. The maximum Gasteiger partial charge on any atom is 0.257 e. The number of H-pyrrole nitrogens is 1. The number of nitrogens with zero attached hydrogens (tertiary/aromatic N) is 1. The fourth-order valence-corrected chi connectivity index (χ4v) is 2.62. The van der Waals surface area contributed by atoms with E-state index < -0.39 is 0 Å². The molecule has 0 radical (unpaired) electrons. The molecule has 160 valence electrons. The number of methoxy groups -OCH3 is 1. The highest BCUT2D eigenvalue weighted by Crippen LogP contribution is 2.25. The number of benzene rings is 2. The smallest absolute Gasteiger partial charge is 0.257 e. The highest BCUT2D eigenvalue weighted by atomic mass is 16.5. The molecule has 1 aromatic heterocycles. The highest BCUT2D eigenvalue weighted by molar-refractivity contribution is 6.04. The van der Waals surface area contributed by atoms with E-state index in [1.165, 1.54) is 0 Å². The van der Waals surface area contributed by atoms with Gasteiger partial charge in [0.15, 0.2) is 0 Å². The molecule has 0 aliphatic heterocycles. The fraction of sp³-hybridized carbons (Fsp3) is 0.304. The van der Waals surface area contributed by atoms with Gasteiger partial charge in [0.05, 0.1) is 12.8 Å². The van der Waals surface area contributed by atoms with Crippen molar-refractivity contribution in [2.24, 2.45) is 0 Å². The molecule has 3 aromatic rings. The summed E-state index contributed by atoms with van der Waals surface area (Å²) >= 11 is 0. The third kappa shape index (κ3) is 7.25. The minimum Gasteiger partial charge on any atom is -0.489 e. The summed E-state index contributed by atoms with van der Waals surface area (Å²) in [5, 5.41) is 9.28.